The van der Waals surface area contributed by atoms with Crippen molar-refractivity contribution in [2.24, 2.45) is 50.7 Å². The fourth-order valence-electron chi connectivity index (χ4n) is 11.6. The maximum Gasteiger partial charge on any atom is 0.302 e. The molecule has 8 atom stereocenters. The third kappa shape index (κ3) is 3.70. The van der Waals surface area contributed by atoms with Crippen molar-refractivity contribution in [1.82, 2.24) is 0 Å². The molecule has 0 aromatic carbocycles. The molecule has 212 valence electrons. The Kier molecular flexibility index (Phi) is 6.66. The van der Waals surface area contributed by atoms with Gasteiger partial charge in [-0.15, -0.1) is 0 Å². The number of allylic oxidation sites excluding steroid dienone is 2. The Morgan fingerprint density at radius 1 is 0.921 bits per heavy atom. The van der Waals surface area contributed by atoms with Crippen LogP contribution < -0.4 is 0 Å². The summed E-state index contributed by atoms with van der Waals surface area (Å²) in [4.78, 5) is 37.7. The first-order chi connectivity index (χ1) is 17.5. The van der Waals surface area contributed by atoms with Crippen LogP contribution in [0.15, 0.2) is 11.1 Å². The van der Waals surface area contributed by atoms with E-state index in [-0.39, 0.29) is 56.1 Å². The highest BCUT2D eigenvalue weighted by atomic mass is 35.5. The summed E-state index contributed by atoms with van der Waals surface area (Å²) < 4.78 is 5.89. The largest absolute Gasteiger partial charge is 0.462 e. The predicted octanol–water partition coefficient (Wildman–Crippen LogP) is 8.05. The summed E-state index contributed by atoms with van der Waals surface area (Å²) in [5, 5.41) is -0.302. The van der Waals surface area contributed by atoms with Gasteiger partial charge in [-0.05, 0) is 108 Å². The number of carbonyl (C=O) groups is 3. The normalized spacial score (nSPS) is 45.7. The standard InChI is InChI=1S/C33H49ClO4/c1-19(2)27-22(36)17-33(18-26(34)37)16-15-31(7)21(28(27)33)9-10-24-30(6)13-12-25(38-20(3)35)29(4,5)23(30)11-14-32(24,31)8/h19,21,23-25H,9-18H2,1-8H3. The van der Waals surface area contributed by atoms with Gasteiger partial charge in [-0.1, -0.05) is 54.0 Å². The Morgan fingerprint density at radius 3 is 2.21 bits per heavy atom. The van der Waals surface area contributed by atoms with E-state index in [1.807, 2.05) is 0 Å². The second-order valence-electron chi connectivity index (χ2n) is 15.5. The molecule has 0 aliphatic heterocycles. The summed E-state index contributed by atoms with van der Waals surface area (Å²) in [6.45, 7) is 18.2. The monoisotopic (exact) mass is 544 g/mol. The van der Waals surface area contributed by atoms with Crippen molar-refractivity contribution in [3.05, 3.63) is 11.1 Å². The van der Waals surface area contributed by atoms with Gasteiger partial charge in [-0.3, -0.25) is 14.4 Å². The molecule has 0 spiro atoms. The van der Waals surface area contributed by atoms with Crippen molar-refractivity contribution >= 4 is 28.6 Å². The van der Waals surface area contributed by atoms with E-state index in [0.29, 0.717) is 30.6 Å². The topological polar surface area (TPSA) is 60.4 Å². The van der Waals surface area contributed by atoms with E-state index >= 15 is 0 Å². The van der Waals surface area contributed by atoms with Gasteiger partial charge in [0.05, 0.1) is 0 Å². The quantitative estimate of drug-likeness (QED) is 0.265. The smallest absolute Gasteiger partial charge is 0.302 e. The molecule has 5 aliphatic rings. The number of carbonyl (C=O) groups excluding carboxylic acids is 3. The summed E-state index contributed by atoms with van der Waals surface area (Å²) in [6.07, 6.45) is 9.29. The Labute approximate surface area is 235 Å². The molecule has 5 rings (SSSR count). The lowest BCUT2D eigenvalue weighted by Crippen LogP contribution is -2.65. The molecule has 4 fully saturated rings. The van der Waals surface area contributed by atoms with Gasteiger partial charge in [0.25, 0.3) is 0 Å². The number of rotatable bonds is 4. The van der Waals surface area contributed by atoms with Crippen LogP contribution in [0, 0.1) is 50.7 Å². The van der Waals surface area contributed by atoms with E-state index in [1.54, 1.807) is 6.92 Å². The van der Waals surface area contributed by atoms with E-state index in [2.05, 4.69) is 48.5 Å². The SMILES string of the molecule is CC(=O)OC1CCC2(C)C(CCC3(C)C2CCC2C4=C(C(C)C)C(=O)CC4(CC(=O)Cl)CCC23C)C1(C)C. The van der Waals surface area contributed by atoms with Crippen LogP contribution >= 0.6 is 11.6 Å². The molecule has 38 heavy (non-hydrogen) atoms. The lowest BCUT2D eigenvalue weighted by Gasteiger charge is -2.72. The highest BCUT2D eigenvalue weighted by Gasteiger charge is 2.70. The van der Waals surface area contributed by atoms with Crippen LogP contribution in [0.5, 0.6) is 0 Å². The predicted molar refractivity (Wildman–Crippen MR) is 150 cm³/mol. The van der Waals surface area contributed by atoms with E-state index in [9.17, 15) is 14.4 Å². The molecular formula is C33H49ClO4. The van der Waals surface area contributed by atoms with Gasteiger partial charge < -0.3 is 4.74 Å². The number of esters is 1. The van der Waals surface area contributed by atoms with Gasteiger partial charge in [-0.2, -0.15) is 0 Å². The lowest BCUT2D eigenvalue weighted by molar-refractivity contribution is -0.232. The fourth-order valence-corrected chi connectivity index (χ4v) is 11.9. The van der Waals surface area contributed by atoms with Crippen LogP contribution in [0.25, 0.3) is 0 Å². The number of hydrogen-bond acceptors (Lipinski definition) is 4. The number of ketones is 1. The van der Waals surface area contributed by atoms with Gasteiger partial charge in [0, 0.05) is 30.6 Å². The molecular weight excluding hydrogens is 496 g/mol. The molecule has 0 aromatic rings. The average Bonchev–Trinajstić information content (AvgIpc) is 3.07. The highest BCUT2D eigenvalue weighted by molar-refractivity contribution is 6.63. The Balaban J connectivity index is 1.56. The van der Waals surface area contributed by atoms with Gasteiger partial charge in [0.15, 0.2) is 5.78 Å². The Morgan fingerprint density at radius 2 is 1.61 bits per heavy atom. The van der Waals surface area contributed by atoms with Gasteiger partial charge in [-0.25, -0.2) is 0 Å². The molecule has 8 unspecified atom stereocenters. The van der Waals surface area contributed by atoms with E-state index in [0.717, 1.165) is 50.5 Å². The van der Waals surface area contributed by atoms with Crippen LogP contribution in [0.3, 0.4) is 0 Å². The minimum atomic E-state index is -0.367. The summed E-state index contributed by atoms with van der Waals surface area (Å²) >= 11 is 6.06. The third-order valence-corrected chi connectivity index (χ3v) is 13.4. The van der Waals surface area contributed by atoms with Crippen molar-refractivity contribution in [2.75, 3.05) is 0 Å². The molecule has 0 radical (unpaired) electrons. The summed E-state index contributed by atoms with van der Waals surface area (Å²) in [5.41, 5.74) is 2.36. The Hall–Kier alpha value is -1.16. The number of Topliss-reactive ketones (excluding diaryl/α,β-unsaturated/α-hetero) is 1. The van der Waals surface area contributed by atoms with Crippen molar-refractivity contribution in [1.29, 1.82) is 0 Å². The van der Waals surface area contributed by atoms with Gasteiger partial charge in [0.1, 0.15) is 6.10 Å². The highest BCUT2D eigenvalue weighted by Crippen LogP contribution is 2.77. The van der Waals surface area contributed by atoms with Crippen LogP contribution in [0.1, 0.15) is 120 Å². The van der Waals surface area contributed by atoms with Crippen molar-refractivity contribution < 1.29 is 19.1 Å². The average molecular weight is 545 g/mol. The molecule has 5 aliphatic carbocycles. The van der Waals surface area contributed by atoms with Crippen LogP contribution in [0.2, 0.25) is 0 Å². The van der Waals surface area contributed by atoms with E-state index in [1.165, 1.54) is 12.0 Å². The molecule has 4 saturated carbocycles. The summed E-state index contributed by atoms with van der Waals surface area (Å²) in [6, 6.07) is 0. The number of hydrogen-bond donors (Lipinski definition) is 0. The first-order valence-electron chi connectivity index (χ1n) is 15.2. The number of halogens is 1. The first kappa shape index (κ1) is 28.4. The molecule has 5 heteroatoms. The van der Waals surface area contributed by atoms with E-state index < -0.39 is 0 Å². The van der Waals surface area contributed by atoms with Crippen LogP contribution in [-0.4, -0.2) is 23.1 Å². The van der Waals surface area contributed by atoms with Gasteiger partial charge in [0.2, 0.25) is 5.24 Å². The second kappa shape index (κ2) is 8.92. The zero-order valence-electron chi connectivity index (χ0n) is 25.0. The van der Waals surface area contributed by atoms with E-state index in [4.69, 9.17) is 16.3 Å². The maximum absolute atomic E-state index is 13.5. The molecule has 0 N–H and O–H groups in total. The molecule has 0 aromatic heterocycles. The molecule has 0 amide bonds. The number of fused-ring (bicyclic) bond motifs is 7. The van der Waals surface area contributed by atoms with Crippen molar-refractivity contribution in [2.45, 2.75) is 126 Å². The van der Waals surface area contributed by atoms with Gasteiger partial charge >= 0.3 is 5.97 Å². The molecule has 0 heterocycles. The van der Waals surface area contributed by atoms with Crippen molar-refractivity contribution in [3.63, 3.8) is 0 Å². The fraction of sp³-hybridized carbons (Fsp3) is 0.848. The summed E-state index contributed by atoms with van der Waals surface area (Å²) in [5.74, 6) is 1.70. The zero-order chi connectivity index (χ0) is 28.1. The van der Waals surface area contributed by atoms with Crippen LogP contribution in [0.4, 0.5) is 0 Å². The van der Waals surface area contributed by atoms with Crippen LogP contribution in [-0.2, 0) is 19.1 Å². The minimum Gasteiger partial charge on any atom is -0.462 e. The minimum absolute atomic E-state index is 0.0130. The summed E-state index contributed by atoms with van der Waals surface area (Å²) in [7, 11) is 0. The first-order valence-corrected chi connectivity index (χ1v) is 15.5. The molecule has 4 nitrogen and oxygen atoms in total. The number of ether oxygens (including phenoxy) is 1. The third-order valence-electron chi connectivity index (χ3n) is 13.3. The lowest BCUT2D eigenvalue weighted by atomic mass is 9.33. The second-order valence-corrected chi connectivity index (χ2v) is 15.9. The molecule has 0 saturated heterocycles. The molecule has 0 bridgehead atoms. The zero-order valence-corrected chi connectivity index (χ0v) is 25.7. The Bertz CT molecular complexity index is 1090. The maximum atomic E-state index is 13.5. The van der Waals surface area contributed by atoms with Crippen molar-refractivity contribution in [3.8, 4) is 0 Å².